The highest BCUT2D eigenvalue weighted by Gasteiger charge is 2.09. The number of aromatic carboxylic acids is 1. The SMILES string of the molecule is Cc1ccc(-c2cnccc2C)cc1C(=O)O. The van der Waals surface area contributed by atoms with Gasteiger partial charge in [-0.2, -0.15) is 0 Å². The van der Waals surface area contributed by atoms with Crippen LogP contribution in [-0.2, 0) is 0 Å². The fourth-order valence-electron chi connectivity index (χ4n) is 1.79. The van der Waals surface area contributed by atoms with Crippen LogP contribution in [0.25, 0.3) is 11.1 Å². The minimum Gasteiger partial charge on any atom is -0.478 e. The van der Waals surface area contributed by atoms with Gasteiger partial charge in [0.15, 0.2) is 0 Å². The first-order chi connectivity index (χ1) is 8.09. The number of nitrogens with zero attached hydrogens (tertiary/aromatic N) is 1. The molecule has 0 spiro atoms. The summed E-state index contributed by atoms with van der Waals surface area (Å²) < 4.78 is 0. The third-order valence-corrected chi connectivity index (χ3v) is 2.82. The molecule has 2 aromatic rings. The summed E-state index contributed by atoms with van der Waals surface area (Å²) in [6.07, 6.45) is 3.48. The van der Waals surface area contributed by atoms with E-state index in [2.05, 4.69) is 4.98 Å². The Labute approximate surface area is 99.8 Å². The minimum atomic E-state index is -0.897. The molecular weight excluding hydrogens is 214 g/mol. The van der Waals surface area contributed by atoms with Crippen LogP contribution in [0.3, 0.4) is 0 Å². The number of pyridine rings is 1. The summed E-state index contributed by atoms with van der Waals surface area (Å²) in [6.45, 7) is 3.78. The van der Waals surface area contributed by atoms with Crippen molar-refractivity contribution in [2.75, 3.05) is 0 Å². The average molecular weight is 227 g/mol. The number of aryl methyl sites for hydroxylation is 2. The van der Waals surface area contributed by atoms with Crippen LogP contribution in [0, 0.1) is 13.8 Å². The van der Waals surface area contributed by atoms with Crippen LogP contribution in [0.15, 0.2) is 36.7 Å². The summed E-state index contributed by atoms with van der Waals surface area (Å²) in [5.74, 6) is -0.897. The molecule has 0 aliphatic rings. The standard InChI is InChI=1S/C14H13NO2/c1-9-3-4-11(7-12(9)14(16)17)13-8-15-6-5-10(13)2/h3-8H,1-2H3,(H,16,17). The Bertz CT molecular complexity index is 576. The third kappa shape index (κ3) is 2.18. The van der Waals surface area contributed by atoms with Crippen molar-refractivity contribution in [2.24, 2.45) is 0 Å². The van der Waals surface area contributed by atoms with E-state index in [1.54, 1.807) is 25.4 Å². The Hall–Kier alpha value is -2.16. The maximum absolute atomic E-state index is 11.1. The third-order valence-electron chi connectivity index (χ3n) is 2.82. The van der Waals surface area contributed by atoms with Gasteiger partial charge in [0.05, 0.1) is 5.56 Å². The predicted molar refractivity (Wildman–Crippen MR) is 66.1 cm³/mol. The lowest BCUT2D eigenvalue weighted by Gasteiger charge is -2.07. The molecule has 1 N–H and O–H groups in total. The van der Waals surface area contributed by atoms with E-state index in [1.807, 2.05) is 25.1 Å². The van der Waals surface area contributed by atoms with Gasteiger partial charge in [-0.1, -0.05) is 12.1 Å². The Balaban J connectivity index is 2.58. The summed E-state index contributed by atoms with van der Waals surface area (Å²) in [6, 6.07) is 7.36. The second-order valence-corrected chi connectivity index (χ2v) is 4.03. The van der Waals surface area contributed by atoms with Gasteiger partial charge >= 0.3 is 5.97 Å². The summed E-state index contributed by atoms with van der Waals surface area (Å²) in [5, 5.41) is 9.09. The highest BCUT2D eigenvalue weighted by molar-refractivity contribution is 5.91. The molecule has 0 amide bonds. The zero-order chi connectivity index (χ0) is 12.4. The zero-order valence-electron chi connectivity index (χ0n) is 9.77. The van der Waals surface area contributed by atoms with Crippen LogP contribution in [0.5, 0.6) is 0 Å². The van der Waals surface area contributed by atoms with Crippen molar-refractivity contribution in [3.8, 4) is 11.1 Å². The van der Waals surface area contributed by atoms with E-state index in [0.717, 1.165) is 22.3 Å². The van der Waals surface area contributed by atoms with Crippen molar-refractivity contribution < 1.29 is 9.90 Å². The summed E-state index contributed by atoms with van der Waals surface area (Å²) >= 11 is 0. The molecule has 0 bridgehead atoms. The Morgan fingerprint density at radius 2 is 1.94 bits per heavy atom. The lowest BCUT2D eigenvalue weighted by molar-refractivity contribution is 0.0696. The van der Waals surface area contributed by atoms with Gasteiger partial charge in [0, 0.05) is 18.0 Å². The summed E-state index contributed by atoms with van der Waals surface area (Å²) in [7, 11) is 0. The van der Waals surface area contributed by atoms with Crippen LogP contribution in [-0.4, -0.2) is 16.1 Å². The van der Waals surface area contributed by atoms with Gasteiger partial charge < -0.3 is 5.11 Å². The van der Waals surface area contributed by atoms with Gasteiger partial charge in [0.1, 0.15) is 0 Å². The van der Waals surface area contributed by atoms with Gasteiger partial charge in [0.2, 0.25) is 0 Å². The second-order valence-electron chi connectivity index (χ2n) is 4.03. The van der Waals surface area contributed by atoms with Gasteiger partial charge in [-0.25, -0.2) is 4.79 Å². The maximum Gasteiger partial charge on any atom is 0.335 e. The molecular formula is C14H13NO2. The number of aromatic nitrogens is 1. The molecule has 0 fully saturated rings. The molecule has 1 aromatic carbocycles. The zero-order valence-corrected chi connectivity index (χ0v) is 9.77. The normalized spacial score (nSPS) is 10.2. The smallest absolute Gasteiger partial charge is 0.335 e. The molecule has 0 aliphatic heterocycles. The fourth-order valence-corrected chi connectivity index (χ4v) is 1.79. The molecule has 2 rings (SSSR count). The van der Waals surface area contributed by atoms with Crippen molar-refractivity contribution in [3.05, 3.63) is 53.3 Å². The van der Waals surface area contributed by atoms with E-state index in [1.165, 1.54) is 0 Å². The lowest BCUT2D eigenvalue weighted by Crippen LogP contribution is -2.00. The lowest BCUT2D eigenvalue weighted by atomic mass is 9.98. The van der Waals surface area contributed by atoms with Crippen molar-refractivity contribution in [1.82, 2.24) is 4.98 Å². The van der Waals surface area contributed by atoms with Gasteiger partial charge in [0.25, 0.3) is 0 Å². The Kier molecular flexibility index (Phi) is 2.91. The molecule has 3 heteroatoms. The molecule has 0 unspecified atom stereocenters. The molecule has 0 saturated heterocycles. The highest BCUT2D eigenvalue weighted by atomic mass is 16.4. The molecule has 0 aliphatic carbocycles. The number of carboxylic acid groups (broad SMARTS) is 1. The Morgan fingerprint density at radius 3 is 2.59 bits per heavy atom. The topological polar surface area (TPSA) is 50.2 Å². The predicted octanol–water partition coefficient (Wildman–Crippen LogP) is 3.06. The van der Waals surface area contributed by atoms with Crippen LogP contribution in [0.1, 0.15) is 21.5 Å². The number of carboxylic acids is 1. The van der Waals surface area contributed by atoms with Crippen molar-refractivity contribution >= 4 is 5.97 Å². The van der Waals surface area contributed by atoms with Gasteiger partial charge in [-0.3, -0.25) is 4.98 Å². The van der Waals surface area contributed by atoms with Crippen LogP contribution in [0.4, 0.5) is 0 Å². The molecule has 1 aromatic heterocycles. The van der Waals surface area contributed by atoms with Crippen molar-refractivity contribution in [2.45, 2.75) is 13.8 Å². The van der Waals surface area contributed by atoms with E-state index in [0.29, 0.717) is 5.56 Å². The molecule has 0 radical (unpaired) electrons. The number of rotatable bonds is 2. The van der Waals surface area contributed by atoms with Crippen LogP contribution in [0.2, 0.25) is 0 Å². The first kappa shape index (κ1) is 11.3. The van der Waals surface area contributed by atoms with Crippen molar-refractivity contribution in [1.29, 1.82) is 0 Å². The van der Waals surface area contributed by atoms with E-state index >= 15 is 0 Å². The van der Waals surface area contributed by atoms with E-state index < -0.39 is 5.97 Å². The molecule has 0 saturated carbocycles. The number of benzene rings is 1. The number of hydrogen-bond donors (Lipinski definition) is 1. The van der Waals surface area contributed by atoms with Crippen molar-refractivity contribution in [3.63, 3.8) is 0 Å². The van der Waals surface area contributed by atoms with E-state index in [9.17, 15) is 4.79 Å². The minimum absolute atomic E-state index is 0.339. The quantitative estimate of drug-likeness (QED) is 0.857. The van der Waals surface area contributed by atoms with Gasteiger partial charge in [-0.05, 0) is 42.7 Å². The average Bonchev–Trinajstić information content (AvgIpc) is 2.30. The van der Waals surface area contributed by atoms with Crippen LogP contribution < -0.4 is 0 Å². The Morgan fingerprint density at radius 1 is 1.18 bits per heavy atom. The number of hydrogen-bond acceptors (Lipinski definition) is 2. The second kappa shape index (κ2) is 4.37. The fraction of sp³-hybridized carbons (Fsp3) is 0.143. The summed E-state index contributed by atoms with van der Waals surface area (Å²) in [4.78, 5) is 15.1. The van der Waals surface area contributed by atoms with Crippen LogP contribution >= 0.6 is 0 Å². The molecule has 1 heterocycles. The largest absolute Gasteiger partial charge is 0.478 e. The molecule has 0 atom stereocenters. The first-order valence-electron chi connectivity index (χ1n) is 5.34. The van der Waals surface area contributed by atoms with E-state index in [-0.39, 0.29) is 0 Å². The molecule has 17 heavy (non-hydrogen) atoms. The first-order valence-corrected chi connectivity index (χ1v) is 5.34. The van der Waals surface area contributed by atoms with Gasteiger partial charge in [-0.15, -0.1) is 0 Å². The monoisotopic (exact) mass is 227 g/mol. The highest BCUT2D eigenvalue weighted by Crippen LogP contribution is 2.24. The molecule has 3 nitrogen and oxygen atoms in total. The maximum atomic E-state index is 11.1. The summed E-state index contributed by atoms with van der Waals surface area (Å²) in [5.41, 5.74) is 4.04. The molecule has 86 valence electrons. The van der Waals surface area contributed by atoms with E-state index in [4.69, 9.17) is 5.11 Å². The number of carbonyl (C=O) groups is 1.